The molecule has 3 atom stereocenters. The van der Waals surface area contributed by atoms with Crippen LogP contribution in [0.5, 0.6) is 5.88 Å². The first kappa shape index (κ1) is 24.9. The normalized spacial score (nSPS) is 25.3. The lowest BCUT2D eigenvalue weighted by molar-refractivity contribution is 0.117. The summed E-state index contributed by atoms with van der Waals surface area (Å²) in [4.78, 5) is 14.8. The van der Waals surface area contributed by atoms with Crippen molar-refractivity contribution in [3.63, 3.8) is 0 Å². The Bertz CT molecular complexity index is 1400. The largest absolute Gasteiger partial charge is 0.473 e. The first-order valence-corrected chi connectivity index (χ1v) is 14.8. The third-order valence-corrected chi connectivity index (χ3v) is 9.90. The fourth-order valence-electron chi connectivity index (χ4n) is 7.87. The number of rotatable bonds is 5. The Labute approximate surface area is 230 Å². The third kappa shape index (κ3) is 4.01. The van der Waals surface area contributed by atoms with E-state index in [-0.39, 0.29) is 11.5 Å². The number of nitrogens with zero attached hydrogens (tertiary/aromatic N) is 5. The maximum Gasteiger partial charge on any atom is 0.219 e. The minimum Gasteiger partial charge on any atom is -0.473 e. The predicted molar refractivity (Wildman–Crippen MR) is 152 cm³/mol. The molecule has 2 N–H and O–H groups in total. The average Bonchev–Trinajstić information content (AvgIpc) is 3.73. The van der Waals surface area contributed by atoms with Crippen molar-refractivity contribution >= 4 is 11.5 Å². The second-order valence-electron chi connectivity index (χ2n) is 12.2. The first-order chi connectivity index (χ1) is 18.9. The van der Waals surface area contributed by atoms with Crippen LogP contribution < -0.4 is 15.4 Å². The Hall–Kier alpha value is -3.13. The minimum absolute atomic E-state index is 0.0459. The maximum atomic E-state index is 6.53. The van der Waals surface area contributed by atoms with Crippen LogP contribution in [0.1, 0.15) is 79.9 Å². The molecule has 2 aliphatic carbocycles. The Morgan fingerprint density at radius 1 is 1.08 bits per heavy atom. The number of aryl methyl sites for hydroxylation is 1. The molecule has 1 spiro atoms. The summed E-state index contributed by atoms with van der Waals surface area (Å²) in [5, 5.41) is 4.68. The van der Waals surface area contributed by atoms with E-state index in [4.69, 9.17) is 25.0 Å². The smallest absolute Gasteiger partial charge is 0.219 e. The number of benzene rings is 1. The fraction of sp³-hybridized carbons (Fsp3) is 0.581. The number of nitrogen functional groups attached to an aromatic ring is 1. The van der Waals surface area contributed by atoms with Gasteiger partial charge in [-0.25, -0.2) is 4.98 Å². The van der Waals surface area contributed by atoms with E-state index in [0.29, 0.717) is 17.7 Å². The highest BCUT2D eigenvalue weighted by atomic mass is 16.5. The molecule has 0 bridgehead atoms. The molecule has 0 saturated carbocycles. The number of aromatic nitrogens is 3. The zero-order chi connectivity index (χ0) is 26.7. The summed E-state index contributed by atoms with van der Waals surface area (Å²) in [7, 11) is 2.19. The van der Waals surface area contributed by atoms with E-state index in [2.05, 4.69) is 41.9 Å². The van der Waals surface area contributed by atoms with E-state index in [1.165, 1.54) is 36.0 Å². The number of nitrogens with two attached hydrogens (primary N) is 1. The van der Waals surface area contributed by atoms with Crippen LogP contribution in [0.25, 0.3) is 11.5 Å². The molecule has 3 aromatic rings. The van der Waals surface area contributed by atoms with Crippen LogP contribution >= 0.6 is 0 Å². The van der Waals surface area contributed by atoms with E-state index in [9.17, 15) is 0 Å². The van der Waals surface area contributed by atoms with Crippen LogP contribution in [-0.2, 0) is 18.3 Å². The number of likely N-dealkylation sites (tertiary alicyclic amines) is 1. The van der Waals surface area contributed by atoms with E-state index < -0.39 is 0 Å². The molecule has 0 amide bonds. The van der Waals surface area contributed by atoms with E-state index in [1.54, 1.807) is 0 Å². The number of likely N-dealkylation sites (N-methyl/N-ethyl adjacent to an activating group) is 1. The van der Waals surface area contributed by atoms with Gasteiger partial charge in [0.15, 0.2) is 17.3 Å². The molecule has 0 unspecified atom stereocenters. The summed E-state index contributed by atoms with van der Waals surface area (Å²) >= 11 is 0. The highest BCUT2D eigenvalue weighted by molar-refractivity contribution is 5.65. The molecular weight excluding hydrogens is 488 g/mol. The second kappa shape index (κ2) is 9.51. The molecule has 0 radical (unpaired) electrons. The van der Waals surface area contributed by atoms with Crippen molar-refractivity contribution in [2.24, 2.45) is 0 Å². The van der Waals surface area contributed by atoms with Gasteiger partial charge in [-0.05, 0) is 108 Å². The highest BCUT2D eigenvalue weighted by Crippen LogP contribution is 2.54. The van der Waals surface area contributed by atoms with Crippen molar-refractivity contribution in [3.8, 4) is 17.4 Å². The van der Waals surface area contributed by atoms with Gasteiger partial charge >= 0.3 is 0 Å². The predicted octanol–water partition coefficient (Wildman–Crippen LogP) is 5.05. The van der Waals surface area contributed by atoms with Crippen molar-refractivity contribution < 1.29 is 9.26 Å². The van der Waals surface area contributed by atoms with Crippen LogP contribution in [-0.4, -0.2) is 58.9 Å². The van der Waals surface area contributed by atoms with Gasteiger partial charge in [0.2, 0.25) is 5.88 Å². The van der Waals surface area contributed by atoms with Crippen molar-refractivity contribution in [2.75, 3.05) is 37.3 Å². The Morgan fingerprint density at radius 3 is 2.72 bits per heavy atom. The SMILES string of the molecule is Cc1c(N)ccc2c1[C@]1(CCCc3c(-c4nc(O[C@@H](C)[C@@H]5CCCN5C)cc(N5CCCC5)n4)noc31)CC2. The lowest BCUT2D eigenvalue weighted by Gasteiger charge is -2.33. The quantitative estimate of drug-likeness (QED) is 0.460. The van der Waals surface area contributed by atoms with Gasteiger partial charge in [0, 0.05) is 36.4 Å². The minimum atomic E-state index is -0.166. The molecule has 2 saturated heterocycles. The molecular formula is C31H40N6O2. The van der Waals surface area contributed by atoms with Gasteiger partial charge in [-0.1, -0.05) is 11.2 Å². The molecule has 2 aliphatic heterocycles. The van der Waals surface area contributed by atoms with Crippen LogP contribution in [0.4, 0.5) is 11.5 Å². The van der Waals surface area contributed by atoms with Crippen molar-refractivity contribution in [2.45, 2.75) is 89.2 Å². The maximum absolute atomic E-state index is 6.53. The van der Waals surface area contributed by atoms with Gasteiger partial charge in [-0.3, -0.25) is 4.90 Å². The molecule has 1 aromatic carbocycles. The second-order valence-corrected chi connectivity index (χ2v) is 12.2. The topological polar surface area (TPSA) is 93.5 Å². The monoisotopic (exact) mass is 528 g/mol. The Kier molecular flexibility index (Phi) is 6.06. The molecule has 7 rings (SSSR count). The summed E-state index contributed by atoms with van der Waals surface area (Å²) in [5.74, 6) is 3.17. The Morgan fingerprint density at radius 2 is 1.92 bits per heavy atom. The van der Waals surface area contributed by atoms with E-state index in [0.717, 1.165) is 86.7 Å². The zero-order valence-electron chi connectivity index (χ0n) is 23.5. The van der Waals surface area contributed by atoms with Gasteiger partial charge < -0.3 is 19.9 Å². The number of hydrogen-bond acceptors (Lipinski definition) is 8. The van der Waals surface area contributed by atoms with Gasteiger partial charge in [0.05, 0.1) is 5.41 Å². The standard InChI is InChI=1S/C31H40N6O2/c1-19-23(32)11-10-21-12-14-31(27(19)21)13-6-8-22-28(35-39-29(22)31)30-33-25(37-16-4-5-17-37)18-26(34-30)38-20(2)24-9-7-15-36(24)3/h10-11,18,20,24H,4-9,12-17,32H2,1-3H3/t20-,24-,31-/m0/s1. The van der Waals surface area contributed by atoms with E-state index in [1.807, 2.05) is 12.1 Å². The fourth-order valence-corrected chi connectivity index (χ4v) is 7.87. The molecule has 2 aromatic heterocycles. The van der Waals surface area contributed by atoms with Crippen LogP contribution in [0.3, 0.4) is 0 Å². The molecule has 39 heavy (non-hydrogen) atoms. The van der Waals surface area contributed by atoms with Crippen LogP contribution in [0.15, 0.2) is 22.7 Å². The summed E-state index contributed by atoms with van der Waals surface area (Å²) in [6.45, 7) is 7.45. The molecule has 8 heteroatoms. The van der Waals surface area contributed by atoms with E-state index >= 15 is 0 Å². The lowest BCUT2D eigenvalue weighted by Crippen LogP contribution is -2.38. The number of anilines is 2. The molecule has 8 nitrogen and oxygen atoms in total. The third-order valence-electron chi connectivity index (χ3n) is 9.90. The van der Waals surface area contributed by atoms with Crippen molar-refractivity contribution in [1.29, 1.82) is 0 Å². The average molecular weight is 529 g/mol. The van der Waals surface area contributed by atoms with Gasteiger partial charge in [-0.2, -0.15) is 4.98 Å². The van der Waals surface area contributed by atoms with Crippen molar-refractivity contribution in [1.82, 2.24) is 20.0 Å². The zero-order valence-corrected chi connectivity index (χ0v) is 23.5. The highest BCUT2D eigenvalue weighted by Gasteiger charge is 2.48. The van der Waals surface area contributed by atoms with Crippen molar-refractivity contribution in [3.05, 3.63) is 46.2 Å². The number of fused-ring (bicyclic) bond motifs is 4. The number of hydrogen-bond donors (Lipinski definition) is 1. The summed E-state index contributed by atoms with van der Waals surface area (Å²) in [6.07, 6.45) is 9.90. The number of ether oxygens (including phenoxy) is 1. The molecule has 4 heterocycles. The van der Waals surface area contributed by atoms with Gasteiger partial charge in [0.25, 0.3) is 0 Å². The lowest BCUT2D eigenvalue weighted by atomic mass is 9.68. The molecule has 206 valence electrons. The first-order valence-electron chi connectivity index (χ1n) is 14.8. The van der Waals surface area contributed by atoms with Gasteiger partial charge in [-0.15, -0.1) is 0 Å². The summed E-state index contributed by atoms with van der Waals surface area (Å²) < 4.78 is 12.8. The van der Waals surface area contributed by atoms with Crippen LogP contribution in [0.2, 0.25) is 0 Å². The summed E-state index contributed by atoms with van der Waals surface area (Å²) in [5.41, 5.74) is 12.9. The van der Waals surface area contributed by atoms with Gasteiger partial charge in [0.1, 0.15) is 11.9 Å². The van der Waals surface area contributed by atoms with Crippen LogP contribution in [0, 0.1) is 6.92 Å². The molecule has 2 fully saturated rings. The molecule has 4 aliphatic rings. The Balaban J connectivity index is 1.29. The summed E-state index contributed by atoms with van der Waals surface area (Å²) in [6, 6.07) is 6.67.